The zero-order valence-corrected chi connectivity index (χ0v) is 73.3. The summed E-state index contributed by atoms with van der Waals surface area (Å²) in [4.78, 5) is 70.4. The lowest BCUT2D eigenvalue weighted by atomic mass is 9.98. The Morgan fingerprint density at radius 2 is 0.690 bits per heavy atom. The molecule has 4 saturated heterocycles. The van der Waals surface area contributed by atoms with Gasteiger partial charge in [-0.05, 0) is 93.8 Å². The number of rotatable bonds is 11. The SMILES string of the molecule is CC(=O)N1CCc2c(c(-c3c(C)[nH]c4cc(-c5cnn(C)c5)ccc34)nn2C2CCOC2)C1.CC(=O)N1CCc2c(c(-c3c(C)[nH]c4cc(-c5cnn(C)c5)ccc34)nn2[C@H]2CCOC2)C1.CC(=O)N1CCc2c(c(-c3c(C)[nH]c4ccccc34)nn2C2CCOCC2)C1.CC(=O)N1CCc2c(c(-c3c[nH]c4cc(-c5cnn(C)c5)ccc34)nn2C2CCOC2)C1. The second-order valence-electron chi connectivity index (χ2n) is 35.1. The third-order valence-electron chi connectivity index (χ3n) is 27.0. The molecule has 126 heavy (non-hydrogen) atoms. The molecule has 30 heteroatoms. The van der Waals surface area contributed by atoms with E-state index in [4.69, 9.17) is 39.3 Å². The average molecular weight is 1700 g/mol. The van der Waals surface area contributed by atoms with E-state index in [2.05, 4.69) is 154 Å². The lowest BCUT2D eigenvalue weighted by molar-refractivity contribution is -0.130. The summed E-state index contributed by atoms with van der Waals surface area (Å²) >= 11 is 0. The fraction of sp³-hybridized carbons (Fsp3) is 0.406. The quantitative estimate of drug-likeness (QED) is 0.0935. The van der Waals surface area contributed by atoms with Gasteiger partial charge in [-0.1, -0.05) is 54.6 Å². The zero-order valence-electron chi connectivity index (χ0n) is 73.3. The van der Waals surface area contributed by atoms with Crippen molar-refractivity contribution in [3.05, 3.63) is 184 Å². The molecule has 4 amide bonds. The minimum Gasteiger partial charge on any atom is -0.381 e. The molecule has 0 aliphatic carbocycles. The Hall–Kier alpha value is -12.8. The van der Waals surface area contributed by atoms with Gasteiger partial charge in [0.1, 0.15) is 0 Å². The third kappa shape index (κ3) is 15.2. The van der Waals surface area contributed by atoms with Crippen molar-refractivity contribution in [1.29, 1.82) is 0 Å². The maximum atomic E-state index is 12.2. The number of hydrogen-bond acceptors (Lipinski definition) is 15. The van der Waals surface area contributed by atoms with E-state index in [1.165, 1.54) is 50.4 Å². The molecule has 2 unspecified atom stereocenters. The van der Waals surface area contributed by atoms with E-state index in [1.54, 1.807) is 27.7 Å². The molecule has 0 spiro atoms. The normalized spacial score (nSPS) is 18.2. The molecule has 15 aromatic rings. The van der Waals surface area contributed by atoms with E-state index in [1.807, 2.05) is 98.2 Å². The van der Waals surface area contributed by atoms with Gasteiger partial charge >= 0.3 is 0 Å². The van der Waals surface area contributed by atoms with Gasteiger partial charge in [0.05, 0.1) is 85.4 Å². The fourth-order valence-corrected chi connectivity index (χ4v) is 20.4. The van der Waals surface area contributed by atoms with Crippen LogP contribution in [0.3, 0.4) is 0 Å². The average Bonchev–Trinajstić information content (AvgIpc) is 1.60. The summed E-state index contributed by atoms with van der Waals surface area (Å²) in [5.74, 6) is 0.463. The number of carbonyl (C=O) groups is 4. The lowest BCUT2D eigenvalue weighted by Gasteiger charge is -2.29. The van der Waals surface area contributed by atoms with Crippen molar-refractivity contribution < 1.29 is 38.1 Å². The van der Waals surface area contributed by atoms with Crippen LogP contribution < -0.4 is 0 Å². The molecular weight excluding hydrogens is 1590 g/mol. The number of ether oxygens (including phenoxy) is 4. The molecule has 650 valence electrons. The molecule has 4 N–H and O–H groups in total. The Morgan fingerprint density at radius 1 is 0.365 bits per heavy atom. The second kappa shape index (κ2) is 33.6. The number of aromatic nitrogens is 18. The molecule has 4 aromatic carbocycles. The number of hydrogen-bond donors (Lipinski definition) is 4. The minimum atomic E-state index is 0.110. The molecule has 30 nitrogen and oxygen atoms in total. The first-order valence-corrected chi connectivity index (χ1v) is 44.4. The second-order valence-corrected chi connectivity index (χ2v) is 35.1. The standard InChI is InChI=1S/2C25H28N6O2.C24H26N6O2.C22H26N4O2/c2*1-15-24(20-5-4-17(10-22(20)27-15)18-11-26-29(3)12-18)25-21-13-30(16(2)32)8-6-23(21)31(28-25)19-7-9-33-14-19;1-15(31)29-7-5-23-21(13-29)24(27-30(23)18-6-8-32-14-18)20-11-25-22-9-16(3-4-19(20)22)17-10-26-28(2)12-17;1-14-21(17-5-3-4-6-19(17)23-14)22-18-13-25(15(2)27)10-7-20(18)26(24-22)16-8-11-28-12-9-16/h2*4-5,10-12,19,27H,6-9,13-14H2,1-3H3;3-4,9-12,18,25H,5-8,13-14H2,1-2H3;3-6,16,23H,7-13H2,1-2H3/t19-;;;/m0.../s1. The van der Waals surface area contributed by atoms with Gasteiger partial charge in [0.2, 0.25) is 23.6 Å². The molecule has 19 heterocycles. The monoisotopic (exact) mass is 1700 g/mol. The highest BCUT2D eigenvalue weighted by Crippen LogP contribution is 2.46. The first kappa shape index (κ1) is 81.6. The number of benzene rings is 4. The van der Waals surface area contributed by atoms with Crippen LogP contribution in [0, 0.1) is 20.8 Å². The first-order chi connectivity index (χ1) is 61.2. The maximum absolute atomic E-state index is 12.2. The van der Waals surface area contributed by atoms with Crippen LogP contribution in [-0.2, 0) is 111 Å². The predicted octanol–water partition coefficient (Wildman–Crippen LogP) is 14.1. The molecule has 11 aromatic heterocycles. The van der Waals surface area contributed by atoms with Gasteiger partial charge in [-0.15, -0.1) is 0 Å². The summed E-state index contributed by atoms with van der Waals surface area (Å²) in [6.45, 7) is 24.4. The van der Waals surface area contributed by atoms with Gasteiger partial charge in [0, 0.05) is 329 Å². The topological polar surface area (TPSA) is 306 Å². The smallest absolute Gasteiger partial charge is 0.219 e. The van der Waals surface area contributed by atoms with Crippen molar-refractivity contribution >= 4 is 67.2 Å². The van der Waals surface area contributed by atoms with Crippen molar-refractivity contribution in [1.82, 2.24) is 108 Å². The predicted molar refractivity (Wildman–Crippen MR) is 481 cm³/mol. The van der Waals surface area contributed by atoms with E-state index in [0.29, 0.717) is 52.0 Å². The first-order valence-electron chi connectivity index (χ1n) is 44.4. The van der Waals surface area contributed by atoms with Crippen LogP contribution in [0.2, 0.25) is 0 Å². The van der Waals surface area contributed by atoms with E-state index >= 15 is 0 Å². The molecular formula is C96H108N22O8. The summed E-state index contributed by atoms with van der Waals surface area (Å²) in [5, 5.41) is 38.1. The summed E-state index contributed by atoms with van der Waals surface area (Å²) < 4.78 is 36.8. The van der Waals surface area contributed by atoms with Crippen LogP contribution in [0.5, 0.6) is 0 Å². The van der Waals surface area contributed by atoms with Gasteiger partial charge < -0.3 is 58.5 Å². The molecule has 0 saturated carbocycles. The van der Waals surface area contributed by atoms with Crippen molar-refractivity contribution in [2.24, 2.45) is 21.1 Å². The molecule has 0 radical (unpaired) electrons. The zero-order chi connectivity index (χ0) is 86.4. The summed E-state index contributed by atoms with van der Waals surface area (Å²) in [6.07, 6.45) is 22.0. The maximum Gasteiger partial charge on any atom is 0.219 e. The van der Waals surface area contributed by atoms with Crippen LogP contribution in [0.1, 0.15) is 146 Å². The minimum absolute atomic E-state index is 0.110. The van der Waals surface area contributed by atoms with Crippen molar-refractivity contribution in [2.45, 2.75) is 157 Å². The number of para-hydroxylation sites is 1. The van der Waals surface area contributed by atoms with Gasteiger partial charge in [-0.25, -0.2) is 0 Å². The largest absolute Gasteiger partial charge is 0.381 e. The number of H-pyrrole nitrogens is 4. The lowest BCUT2D eigenvalue weighted by Crippen LogP contribution is -2.35. The van der Waals surface area contributed by atoms with E-state index < -0.39 is 0 Å². The van der Waals surface area contributed by atoms with E-state index in [-0.39, 0.29) is 41.8 Å². The van der Waals surface area contributed by atoms with Gasteiger partial charge in [-0.3, -0.25) is 52.0 Å². The number of nitrogens with one attached hydrogen (secondary N) is 4. The Morgan fingerprint density at radius 3 is 1.06 bits per heavy atom. The summed E-state index contributed by atoms with van der Waals surface area (Å²) in [7, 11) is 5.78. The van der Waals surface area contributed by atoms with Crippen LogP contribution in [-0.4, -0.2) is 211 Å². The van der Waals surface area contributed by atoms with Gasteiger partial charge in [-0.2, -0.15) is 35.7 Å². The van der Waals surface area contributed by atoms with E-state index in [9.17, 15) is 19.2 Å². The molecule has 0 bridgehead atoms. The number of aryl methyl sites for hydroxylation is 6. The van der Waals surface area contributed by atoms with Crippen molar-refractivity contribution in [3.63, 3.8) is 0 Å². The van der Waals surface area contributed by atoms with Crippen molar-refractivity contribution in [3.8, 4) is 78.4 Å². The van der Waals surface area contributed by atoms with Crippen molar-refractivity contribution in [2.75, 3.05) is 79.0 Å². The highest BCUT2D eigenvalue weighted by molar-refractivity contribution is 6.02. The number of amides is 4. The Balaban J connectivity index is 0.000000106. The van der Waals surface area contributed by atoms with Gasteiger partial charge in [0.15, 0.2) is 0 Å². The number of nitrogens with zero attached hydrogens (tertiary/aromatic N) is 18. The molecule has 4 fully saturated rings. The summed E-state index contributed by atoms with van der Waals surface area (Å²) in [5.41, 5.74) is 32.5. The molecule has 3 atom stereocenters. The van der Waals surface area contributed by atoms with Gasteiger partial charge in [0.25, 0.3) is 0 Å². The number of aromatic amines is 4. The van der Waals surface area contributed by atoms with Crippen LogP contribution >= 0.6 is 0 Å². The third-order valence-corrected chi connectivity index (χ3v) is 27.0. The Kier molecular flexibility index (Phi) is 21.8. The molecule has 8 aliphatic rings. The highest BCUT2D eigenvalue weighted by atomic mass is 16.5. The van der Waals surface area contributed by atoms with Crippen LogP contribution in [0.4, 0.5) is 0 Å². The van der Waals surface area contributed by atoms with Crippen LogP contribution in [0.25, 0.3) is 122 Å². The highest BCUT2D eigenvalue weighted by Gasteiger charge is 2.38. The Labute approximate surface area is 729 Å². The number of fused-ring (bicyclic) bond motifs is 8. The molecule has 23 rings (SSSR count). The molecule has 8 aliphatic heterocycles. The Bertz CT molecular complexity index is 6480. The number of carbonyl (C=O) groups excluding carboxylic acids is 4. The fourth-order valence-electron chi connectivity index (χ4n) is 20.4. The van der Waals surface area contributed by atoms with Crippen LogP contribution in [0.15, 0.2) is 122 Å². The summed E-state index contributed by atoms with van der Waals surface area (Å²) in [6, 6.07) is 29.0. The van der Waals surface area contributed by atoms with E-state index in [0.717, 1.165) is 251 Å².